The molecule has 2 N–H and O–H groups in total. The van der Waals surface area contributed by atoms with E-state index in [0.29, 0.717) is 0 Å². The fourth-order valence-corrected chi connectivity index (χ4v) is 24.3. The maximum atomic E-state index is 6.07. The van der Waals surface area contributed by atoms with Crippen molar-refractivity contribution >= 4 is 177 Å². The zero-order valence-corrected chi connectivity index (χ0v) is 77.6. The molecule has 11 heterocycles. The predicted molar refractivity (Wildman–Crippen MR) is 565 cm³/mol. The van der Waals surface area contributed by atoms with Crippen LogP contribution in [0, 0.1) is 20.8 Å². The molecule has 10 heteroatoms. The van der Waals surface area contributed by atoms with Gasteiger partial charge in [0.05, 0.1) is 55.9 Å². The highest BCUT2D eigenvalue weighted by Crippen LogP contribution is 2.54. The van der Waals surface area contributed by atoms with E-state index in [1.54, 1.807) is 0 Å². The monoisotopic (exact) mass is 1710 g/mol. The molecule has 0 fully saturated rings. The van der Waals surface area contributed by atoms with E-state index in [4.69, 9.17) is 9.97 Å². The molecule has 8 bridgehead atoms. The van der Waals surface area contributed by atoms with E-state index in [9.17, 15) is 0 Å². The van der Waals surface area contributed by atoms with E-state index in [-0.39, 0.29) is 0 Å². The van der Waals surface area contributed by atoms with Gasteiger partial charge in [-0.1, -0.05) is 259 Å². The fraction of sp³-hybridized carbons (Fsp3) is 0.197. The molecule has 2 aliphatic rings. The summed E-state index contributed by atoms with van der Waals surface area (Å²) in [6, 6.07) is 96.8. The molecular weight excluding hydrogens is 1610 g/mol. The summed E-state index contributed by atoms with van der Waals surface area (Å²) in [4.78, 5) is 20.5. The summed E-state index contributed by atoms with van der Waals surface area (Å²) in [5.41, 5.74) is 46.0. The number of para-hydroxylation sites is 6. The zero-order chi connectivity index (χ0) is 89.3. The third kappa shape index (κ3) is 12.1. The van der Waals surface area contributed by atoms with E-state index in [2.05, 4.69) is 400 Å². The van der Waals surface area contributed by atoms with Crippen LogP contribution in [0.2, 0.25) is 0 Å². The highest BCUT2D eigenvalue weighted by atomic mass is 15.0. The number of benzene rings is 13. The van der Waals surface area contributed by atoms with Crippen LogP contribution in [0.25, 0.3) is 255 Å². The van der Waals surface area contributed by atoms with Crippen molar-refractivity contribution in [3.63, 3.8) is 0 Å². The quantitative estimate of drug-likeness (QED) is 0.0790. The van der Waals surface area contributed by atoms with Crippen molar-refractivity contribution < 1.29 is 0 Å². The Bertz CT molecular complexity index is 8590. The van der Waals surface area contributed by atoms with Crippen molar-refractivity contribution in [3.05, 3.63) is 311 Å². The van der Waals surface area contributed by atoms with Gasteiger partial charge >= 0.3 is 0 Å². The van der Waals surface area contributed by atoms with Crippen molar-refractivity contribution in [2.75, 3.05) is 0 Å². The second-order valence-electron chi connectivity index (χ2n) is 37.7. The molecule has 646 valence electrons. The molecule has 22 aromatic rings. The molecule has 0 atom stereocenters. The minimum Gasteiger partial charge on any atom is -0.354 e. The third-order valence-electron chi connectivity index (χ3n) is 30.0. The lowest BCUT2D eigenvalue weighted by Crippen LogP contribution is -1.99. The van der Waals surface area contributed by atoms with Gasteiger partial charge < -0.3 is 37.4 Å². The number of rotatable bonds is 19. The lowest BCUT2D eigenvalue weighted by atomic mass is 9.90. The molecule has 10 nitrogen and oxygen atoms in total. The second-order valence-corrected chi connectivity index (χ2v) is 37.7. The summed E-state index contributed by atoms with van der Waals surface area (Å²) in [5.74, 6) is 0. The smallest absolute Gasteiger partial charge is 0.0737 e. The van der Waals surface area contributed by atoms with Crippen molar-refractivity contribution in [2.24, 2.45) is 42.3 Å². The van der Waals surface area contributed by atoms with Gasteiger partial charge in [-0.2, -0.15) is 0 Å². The van der Waals surface area contributed by atoms with Gasteiger partial charge in [0.1, 0.15) is 0 Å². The van der Waals surface area contributed by atoms with Crippen LogP contribution >= 0.6 is 0 Å². The number of nitrogens with zero attached hydrogens (tertiary/aromatic N) is 8. The SMILES string of the molecule is CCCCCc1c2c3ccccc3n(C)c2c(-c2ccc(-c3c4nc(c(-c5ccc(-c6c7c8ccccc8n(C)c7c(CCCCC)c7c8ccccc8n(C)c67)cc5)c5ccc([nH]5)c(-c5c(C)cc(C)cc5C)c5nc(c(-c6ccc(-c7c8c9ccccc9n(C)c8c(CCCCC)c8c9ccccc9n(C)c78)cc6)c6ccc3[nH]6)C=C5)C=C4)cc2)c2c3ccccc3n(C)c12. The Balaban J connectivity index is 0.768. The topological polar surface area (TPSA) is 86.9 Å². The molecule has 2 aliphatic heterocycles. The second kappa shape index (κ2) is 31.5. The minimum absolute atomic E-state index is 0.854. The van der Waals surface area contributed by atoms with Crippen LogP contribution in [-0.4, -0.2) is 47.3 Å². The van der Waals surface area contributed by atoms with Crippen molar-refractivity contribution in [1.82, 2.24) is 47.3 Å². The van der Waals surface area contributed by atoms with E-state index in [0.717, 1.165) is 153 Å². The van der Waals surface area contributed by atoms with Crippen LogP contribution in [0.5, 0.6) is 0 Å². The van der Waals surface area contributed by atoms with Crippen molar-refractivity contribution in [3.8, 4) is 77.9 Å². The van der Waals surface area contributed by atoms with Crippen LogP contribution in [0.4, 0.5) is 0 Å². The Kier molecular flexibility index (Phi) is 19.3. The maximum absolute atomic E-state index is 6.07. The molecule has 0 spiro atoms. The first kappa shape index (κ1) is 80.6. The van der Waals surface area contributed by atoms with E-state index >= 15 is 0 Å². The van der Waals surface area contributed by atoms with E-state index < -0.39 is 0 Å². The van der Waals surface area contributed by atoms with Crippen LogP contribution in [-0.2, 0) is 61.5 Å². The van der Waals surface area contributed by atoms with Crippen molar-refractivity contribution in [1.29, 1.82) is 0 Å². The Labute approximate surface area is 769 Å². The lowest BCUT2D eigenvalue weighted by Gasteiger charge is -2.16. The number of unbranched alkanes of at least 4 members (excludes halogenated alkanes) is 6. The number of aromatic amines is 2. The van der Waals surface area contributed by atoms with Gasteiger partial charge in [0.2, 0.25) is 0 Å². The summed E-state index contributed by atoms with van der Waals surface area (Å²) < 4.78 is 14.9. The molecule has 0 radical (unpaired) electrons. The van der Waals surface area contributed by atoms with Gasteiger partial charge in [-0.15, -0.1) is 0 Å². The lowest BCUT2D eigenvalue weighted by molar-refractivity contribution is 0.720. The molecule has 0 aliphatic carbocycles. The number of H-pyrrole nitrogens is 2. The molecule has 13 aromatic carbocycles. The largest absolute Gasteiger partial charge is 0.354 e. The number of nitrogens with one attached hydrogen (secondary N) is 2. The molecule has 0 amide bonds. The summed E-state index contributed by atoms with van der Waals surface area (Å²) in [6.45, 7) is 13.7. The minimum atomic E-state index is 0.854. The maximum Gasteiger partial charge on any atom is 0.0737 e. The molecule has 9 aromatic heterocycles. The van der Waals surface area contributed by atoms with Gasteiger partial charge in [-0.25, -0.2) is 9.97 Å². The number of aryl methyl sites for hydroxylation is 12. The van der Waals surface area contributed by atoms with Gasteiger partial charge in [0.15, 0.2) is 0 Å². The van der Waals surface area contributed by atoms with Crippen LogP contribution < -0.4 is 0 Å². The fourth-order valence-electron chi connectivity index (χ4n) is 24.3. The highest BCUT2D eigenvalue weighted by molar-refractivity contribution is 6.32. The zero-order valence-electron chi connectivity index (χ0n) is 77.6. The standard InChI is InChI=1S/C122H108N10/c1-13-16-19-40-86-110-80-34-22-28-43-97(80)130(10)120(110)107(113-83-37-25-31-46-100(83)127(7)117(86)113)77-55-49-74(50-56-77)104-89-61-63-91(123-89)105(75-51-57-78(58-52-75)108-114-84-38-26-32-47-101(84)128(8)118(114)87(41-20-17-14-2)111-81-35-23-29-44-98(81)131(11)121(108)111)93-65-67-95(125-93)116(103-72(5)69-71(4)70-73(103)6)96-68-66-94(126-96)106(92-64-62-90(104)124-92)76-53-59-79(60-54-76)109-115-85-39-27-33-48-102(85)129(9)119(115)88(42-21-18-15-3)112-82-36-24-30-45-99(82)132(12)122(109)112/h22-39,43-70,123,126H,13-21,40-42H2,1-12H3. The number of fused-ring (bicyclic) bond motifs is 26. The van der Waals surface area contributed by atoms with Crippen molar-refractivity contribution in [2.45, 2.75) is 119 Å². The average molecular weight is 1710 g/mol. The predicted octanol–water partition coefficient (Wildman–Crippen LogP) is 32.3. The molecule has 0 unspecified atom stereocenters. The average Bonchev–Trinajstić information content (AvgIpc) is 1.54. The Hall–Kier alpha value is -14.7. The Morgan fingerprint density at radius 3 is 0.727 bits per heavy atom. The van der Waals surface area contributed by atoms with Gasteiger partial charge in [-0.05, 0) is 211 Å². The molecule has 0 saturated carbocycles. The first-order chi connectivity index (χ1) is 64.7. The third-order valence-corrected chi connectivity index (χ3v) is 30.0. The summed E-state index contributed by atoms with van der Waals surface area (Å²) in [6.07, 6.45) is 22.4. The summed E-state index contributed by atoms with van der Waals surface area (Å²) in [5, 5.41) is 15.7. The number of hydrogen-bond donors (Lipinski definition) is 2. The van der Waals surface area contributed by atoms with Crippen LogP contribution in [0.1, 0.15) is 135 Å². The Morgan fingerprint density at radius 1 is 0.235 bits per heavy atom. The first-order valence-corrected chi connectivity index (χ1v) is 47.9. The highest BCUT2D eigenvalue weighted by Gasteiger charge is 2.32. The van der Waals surface area contributed by atoms with Gasteiger partial charge in [-0.3, -0.25) is 0 Å². The summed E-state index contributed by atoms with van der Waals surface area (Å²) >= 11 is 0. The van der Waals surface area contributed by atoms with E-state index in [1.807, 2.05) is 0 Å². The van der Waals surface area contributed by atoms with E-state index in [1.165, 1.54) is 211 Å². The van der Waals surface area contributed by atoms with Crippen LogP contribution in [0.3, 0.4) is 0 Å². The summed E-state index contributed by atoms with van der Waals surface area (Å²) in [7, 11) is 13.7. The van der Waals surface area contributed by atoms with Gasteiger partial charge in [0, 0.05) is 201 Å². The van der Waals surface area contributed by atoms with Gasteiger partial charge in [0.25, 0.3) is 0 Å². The Morgan fingerprint density at radius 2 is 0.462 bits per heavy atom. The number of aromatic nitrogens is 10. The normalized spacial score (nSPS) is 12.5. The molecule has 0 saturated heterocycles. The molecular formula is C122H108N10. The number of hydrogen-bond acceptors (Lipinski definition) is 2. The first-order valence-electron chi connectivity index (χ1n) is 47.9. The molecule has 24 rings (SSSR count). The van der Waals surface area contributed by atoms with Crippen LogP contribution in [0.15, 0.2) is 255 Å². The molecule has 132 heavy (non-hydrogen) atoms.